The van der Waals surface area contributed by atoms with E-state index in [4.69, 9.17) is 4.42 Å². The monoisotopic (exact) mass is 150 g/mol. The van der Waals surface area contributed by atoms with E-state index in [9.17, 15) is 9.59 Å². The van der Waals surface area contributed by atoms with Crippen molar-refractivity contribution in [3.63, 3.8) is 0 Å². The Balaban J connectivity index is 2.45. The highest BCUT2D eigenvalue weighted by atomic mass is 16.3. The maximum absolute atomic E-state index is 10.5. The van der Waals surface area contributed by atoms with Gasteiger partial charge >= 0.3 is 0 Å². The van der Waals surface area contributed by atoms with E-state index in [1.807, 2.05) is 0 Å². The average molecular weight is 150 g/mol. The van der Waals surface area contributed by atoms with Gasteiger partial charge in [0.05, 0.1) is 11.8 Å². The Morgan fingerprint density at radius 1 is 1.09 bits per heavy atom. The Labute approximate surface area is 63.0 Å². The molecule has 3 nitrogen and oxygen atoms in total. The number of fused-ring (bicyclic) bond motifs is 2. The molecule has 0 amide bonds. The third-order valence-electron chi connectivity index (χ3n) is 1.98. The molecule has 2 unspecified atom stereocenters. The fraction of sp³-hybridized carbons (Fsp3) is 0.250. The molecule has 0 spiro atoms. The number of rotatable bonds is 2. The van der Waals surface area contributed by atoms with Crippen LogP contribution in [0.1, 0.15) is 23.4 Å². The Morgan fingerprint density at radius 2 is 1.55 bits per heavy atom. The van der Waals surface area contributed by atoms with Crippen LogP contribution in [0.5, 0.6) is 0 Å². The van der Waals surface area contributed by atoms with Crippen LogP contribution in [0.3, 0.4) is 0 Å². The smallest absolute Gasteiger partial charge is 0.131 e. The van der Waals surface area contributed by atoms with Crippen molar-refractivity contribution >= 4 is 12.6 Å². The molecule has 2 heterocycles. The average Bonchev–Trinajstić information content (AvgIpc) is 2.60. The molecule has 2 atom stereocenters. The number of furan rings is 1. The molecule has 1 aromatic rings. The molecule has 0 aliphatic carbocycles. The van der Waals surface area contributed by atoms with E-state index in [-0.39, 0.29) is 11.8 Å². The van der Waals surface area contributed by atoms with E-state index in [1.54, 1.807) is 12.1 Å². The van der Waals surface area contributed by atoms with Gasteiger partial charge in [-0.2, -0.15) is 0 Å². The zero-order valence-corrected chi connectivity index (χ0v) is 5.69. The van der Waals surface area contributed by atoms with Gasteiger partial charge in [0.1, 0.15) is 24.1 Å². The molecule has 0 N–H and O–H groups in total. The molecule has 0 fully saturated rings. The zero-order valence-electron chi connectivity index (χ0n) is 5.69. The lowest BCUT2D eigenvalue weighted by Gasteiger charge is -2.05. The van der Waals surface area contributed by atoms with Crippen LogP contribution in [-0.4, -0.2) is 12.6 Å². The highest BCUT2D eigenvalue weighted by molar-refractivity contribution is 5.76. The van der Waals surface area contributed by atoms with Gasteiger partial charge in [0, 0.05) is 0 Å². The van der Waals surface area contributed by atoms with Crippen molar-refractivity contribution in [1.82, 2.24) is 0 Å². The van der Waals surface area contributed by atoms with Crippen LogP contribution in [0.15, 0.2) is 16.5 Å². The van der Waals surface area contributed by atoms with Crippen LogP contribution in [0, 0.1) is 0 Å². The SMILES string of the molecule is O=CC1c2ccc(o2)C1C=O. The molecule has 1 aromatic heterocycles. The molecule has 0 saturated carbocycles. The summed E-state index contributed by atoms with van der Waals surface area (Å²) in [6.45, 7) is 0. The van der Waals surface area contributed by atoms with Crippen LogP contribution >= 0.6 is 0 Å². The minimum Gasteiger partial charge on any atom is -0.464 e. The van der Waals surface area contributed by atoms with Crippen LogP contribution in [0.2, 0.25) is 0 Å². The van der Waals surface area contributed by atoms with Gasteiger partial charge in [-0.05, 0) is 12.1 Å². The summed E-state index contributed by atoms with van der Waals surface area (Å²) in [4.78, 5) is 20.9. The second-order valence-electron chi connectivity index (χ2n) is 2.56. The lowest BCUT2D eigenvalue weighted by atomic mass is 9.90. The van der Waals surface area contributed by atoms with E-state index in [1.165, 1.54) is 0 Å². The lowest BCUT2D eigenvalue weighted by molar-refractivity contribution is -0.114. The summed E-state index contributed by atoms with van der Waals surface area (Å²) >= 11 is 0. The Bertz CT molecular complexity index is 272. The number of aldehydes is 2. The number of hydrogen-bond donors (Lipinski definition) is 0. The summed E-state index contributed by atoms with van der Waals surface area (Å²) in [7, 11) is 0. The molecule has 2 rings (SSSR count). The topological polar surface area (TPSA) is 47.3 Å². The molecule has 0 aromatic carbocycles. The van der Waals surface area contributed by atoms with Crippen LogP contribution in [-0.2, 0) is 9.59 Å². The molecule has 0 saturated heterocycles. The first-order chi connectivity index (χ1) is 5.36. The van der Waals surface area contributed by atoms with Gasteiger partial charge in [0.2, 0.25) is 0 Å². The van der Waals surface area contributed by atoms with Crippen LogP contribution in [0.25, 0.3) is 0 Å². The highest BCUT2D eigenvalue weighted by Crippen LogP contribution is 2.39. The van der Waals surface area contributed by atoms with Crippen molar-refractivity contribution in [3.05, 3.63) is 23.7 Å². The van der Waals surface area contributed by atoms with Crippen LogP contribution < -0.4 is 0 Å². The van der Waals surface area contributed by atoms with Crippen molar-refractivity contribution in [1.29, 1.82) is 0 Å². The molecule has 1 aliphatic heterocycles. The van der Waals surface area contributed by atoms with Crippen LogP contribution in [0.4, 0.5) is 0 Å². The normalized spacial score (nSPS) is 26.9. The minimum absolute atomic E-state index is 0.368. The molecule has 3 heteroatoms. The third-order valence-corrected chi connectivity index (χ3v) is 1.98. The molecule has 11 heavy (non-hydrogen) atoms. The van der Waals surface area contributed by atoms with Gasteiger partial charge in [-0.3, -0.25) is 0 Å². The molecular weight excluding hydrogens is 144 g/mol. The quantitative estimate of drug-likeness (QED) is 0.587. The van der Waals surface area contributed by atoms with Gasteiger partial charge < -0.3 is 14.0 Å². The maximum atomic E-state index is 10.5. The van der Waals surface area contributed by atoms with Gasteiger partial charge in [-0.1, -0.05) is 0 Å². The molecule has 0 radical (unpaired) electrons. The number of carbonyl (C=O) groups is 2. The summed E-state index contributed by atoms with van der Waals surface area (Å²) in [6, 6.07) is 3.46. The number of hydrogen-bond acceptors (Lipinski definition) is 3. The minimum atomic E-state index is -0.368. The van der Waals surface area contributed by atoms with Crippen molar-refractivity contribution in [2.45, 2.75) is 11.8 Å². The lowest BCUT2D eigenvalue weighted by Crippen LogP contribution is -2.09. The summed E-state index contributed by atoms with van der Waals surface area (Å²) in [6.07, 6.45) is 1.51. The van der Waals surface area contributed by atoms with Gasteiger partial charge in [-0.15, -0.1) is 0 Å². The molecule has 56 valence electrons. The van der Waals surface area contributed by atoms with Crippen molar-refractivity contribution < 1.29 is 14.0 Å². The molecule has 2 bridgehead atoms. The fourth-order valence-electron chi connectivity index (χ4n) is 1.38. The van der Waals surface area contributed by atoms with E-state index in [2.05, 4.69) is 0 Å². The second kappa shape index (κ2) is 2.05. The van der Waals surface area contributed by atoms with E-state index in [0.29, 0.717) is 11.5 Å². The summed E-state index contributed by atoms with van der Waals surface area (Å²) < 4.78 is 5.14. The van der Waals surface area contributed by atoms with E-state index >= 15 is 0 Å². The Morgan fingerprint density at radius 3 is 1.91 bits per heavy atom. The third kappa shape index (κ3) is 0.677. The van der Waals surface area contributed by atoms with E-state index in [0.717, 1.165) is 12.6 Å². The predicted octanol–water partition coefficient (Wildman–Crippen LogP) is 0.858. The second-order valence-corrected chi connectivity index (χ2v) is 2.56. The van der Waals surface area contributed by atoms with Gasteiger partial charge in [0.25, 0.3) is 0 Å². The standard InChI is InChI=1S/C8H6O3/c9-3-5-6(4-10)8-2-1-7(5)11-8/h1-6H. The Hall–Kier alpha value is -1.38. The maximum Gasteiger partial charge on any atom is 0.131 e. The first kappa shape index (κ1) is 6.34. The largest absolute Gasteiger partial charge is 0.464 e. The molecular formula is C8H6O3. The highest BCUT2D eigenvalue weighted by Gasteiger charge is 2.35. The molecule has 1 aliphatic rings. The van der Waals surface area contributed by atoms with Crippen molar-refractivity contribution in [2.75, 3.05) is 0 Å². The summed E-state index contributed by atoms with van der Waals surface area (Å²) in [5.74, 6) is 0.471. The van der Waals surface area contributed by atoms with E-state index < -0.39 is 0 Å². The first-order valence-corrected chi connectivity index (χ1v) is 3.37. The zero-order chi connectivity index (χ0) is 7.84. The predicted molar refractivity (Wildman–Crippen MR) is 36.3 cm³/mol. The number of carbonyl (C=O) groups excluding carboxylic acids is 2. The van der Waals surface area contributed by atoms with Gasteiger partial charge in [-0.25, -0.2) is 0 Å². The first-order valence-electron chi connectivity index (χ1n) is 3.37. The summed E-state index contributed by atoms with van der Waals surface area (Å²) in [5.41, 5.74) is 0. The van der Waals surface area contributed by atoms with Crippen molar-refractivity contribution in [3.8, 4) is 0 Å². The van der Waals surface area contributed by atoms with Gasteiger partial charge in [0.15, 0.2) is 0 Å². The fourth-order valence-corrected chi connectivity index (χ4v) is 1.38. The Kier molecular flexibility index (Phi) is 1.18. The van der Waals surface area contributed by atoms with Crippen molar-refractivity contribution in [2.24, 2.45) is 0 Å². The summed E-state index contributed by atoms with van der Waals surface area (Å²) in [5, 5.41) is 0.